The number of ether oxygens (including phenoxy) is 1. The van der Waals surface area contributed by atoms with Crippen molar-refractivity contribution in [1.82, 2.24) is 10.2 Å². The van der Waals surface area contributed by atoms with Crippen LogP contribution in [0.15, 0.2) is 45.8 Å². The lowest BCUT2D eigenvalue weighted by Gasteiger charge is -2.11. The van der Waals surface area contributed by atoms with Crippen molar-refractivity contribution in [2.24, 2.45) is 0 Å². The zero-order valence-electron chi connectivity index (χ0n) is 15.6. The molecule has 4 rings (SSSR count). The smallest absolute Gasteiger partial charge is 0.313 e. The quantitative estimate of drug-likeness (QED) is 0.499. The Morgan fingerprint density at radius 1 is 1.31 bits per heavy atom. The molecule has 0 saturated carbocycles. The van der Waals surface area contributed by atoms with Crippen molar-refractivity contribution in [3.63, 3.8) is 0 Å². The molecule has 146 valence electrons. The minimum Gasteiger partial charge on any atom is -0.481 e. The second kappa shape index (κ2) is 8.43. The van der Waals surface area contributed by atoms with E-state index in [1.165, 1.54) is 0 Å². The van der Waals surface area contributed by atoms with E-state index in [0.717, 1.165) is 34.2 Å². The molecule has 2 heterocycles. The Kier molecular flexibility index (Phi) is 5.56. The molecule has 1 unspecified atom stereocenters. The first-order valence-electron chi connectivity index (χ1n) is 8.98. The van der Waals surface area contributed by atoms with Gasteiger partial charge in [0.1, 0.15) is 10.7 Å². The average molecular weight is 406 g/mol. The van der Waals surface area contributed by atoms with Crippen LogP contribution in [0.1, 0.15) is 17.7 Å². The number of fused-ring (bicyclic) bond motifs is 1. The molecule has 0 radical (unpaired) electrons. The van der Waals surface area contributed by atoms with Crippen molar-refractivity contribution in [2.45, 2.75) is 17.6 Å². The van der Waals surface area contributed by atoms with Crippen molar-refractivity contribution < 1.29 is 19.1 Å². The summed E-state index contributed by atoms with van der Waals surface area (Å²) in [5, 5.41) is 18.6. The lowest BCUT2D eigenvalue weighted by atomic mass is 10.0. The molecule has 3 aromatic rings. The monoisotopic (exact) mass is 406 g/mol. The summed E-state index contributed by atoms with van der Waals surface area (Å²) in [6.07, 6.45) is 5.28. The van der Waals surface area contributed by atoms with Crippen molar-refractivity contribution in [3.05, 3.63) is 58.2 Å². The Labute approximate surface area is 171 Å². The summed E-state index contributed by atoms with van der Waals surface area (Å²) in [5.74, 6) is 6.40. The Balaban J connectivity index is 1.50. The van der Waals surface area contributed by atoms with E-state index in [9.17, 15) is 4.79 Å². The van der Waals surface area contributed by atoms with Crippen molar-refractivity contribution >= 4 is 29.9 Å². The van der Waals surface area contributed by atoms with E-state index in [2.05, 4.69) is 46.3 Å². The number of hydrogen-bond donors (Lipinski definition) is 2. The van der Waals surface area contributed by atoms with Crippen LogP contribution in [-0.2, 0) is 9.53 Å². The molecule has 1 aliphatic rings. The molecule has 0 amide bonds. The molecule has 0 spiro atoms. The van der Waals surface area contributed by atoms with E-state index < -0.39 is 5.97 Å². The van der Waals surface area contributed by atoms with Gasteiger partial charge >= 0.3 is 5.97 Å². The van der Waals surface area contributed by atoms with E-state index in [1.807, 2.05) is 12.1 Å². The molecule has 6 nitrogen and oxygen atoms in total. The van der Waals surface area contributed by atoms with Crippen LogP contribution in [0.4, 0.5) is 0 Å². The topological polar surface area (TPSA) is 88.4 Å². The van der Waals surface area contributed by atoms with Gasteiger partial charge in [0.15, 0.2) is 11.5 Å². The van der Waals surface area contributed by atoms with Crippen LogP contribution in [0.5, 0.6) is 0 Å². The van der Waals surface area contributed by atoms with Crippen molar-refractivity contribution in [3.8, 4) is 23.3 Å². The lowest BCUT2D eigenvalue weighted by molar-refractivity contribution is -0.133. The molecule has 2 aromatic heterocycles. The molecular weight excluding hydrogens is 388 g/mol. The number of carboxylic acids is 1. The van der Waals surface area contributed by atoms with E-state index in [0.29, 0.717) is 22.2 Å². The predicted octanol–water partition coefficient (Wildman–Crippen LogP) is 2.23. The first-order chi connectivity index (χ1) is 14.1. The molecule has 29 heavy (non-hydrogen) atoms. The molecule has 1 aliphatic carbocycles. The predicted molar refractivity (Wildman–Crippen MR) is 111 cm³/mol. The maximum Gasteiger partial charge on any atom is 0.313 e. The molecule has 2 N–H and O–H groups in total. The van der Waals surface area contributed by atoms with Crippen LogP contribution < -0.4 is 10.4 Å². The normalized spacial score (nSPS) is 14.9. The van der Waals surface area contributed by atoms with Crippen LogP contribution >= 0.6 is 11.8 Å². The van der Waals surface area contributed by atoms with E-state index in [-0.39, 0.29) is 11.9 Å². The van der Waals surface area contributed by atoms with Gasteiger partial charge in [0.2, 0.25) is 0 Å². The number of thioether (sulfide) groups is 1. The van der Waals surface area contributed by atoms with Crippen LogP contribution in [0.25, 0.3) is 23.6 Å². The first-order valence-corrected chi connectivity index (χ1v) is 9.96. The number of nitrogens with zero attached hydrogens (tertiary/aromatic N) is 1. The zero-order valence-corrected chi connectivity index (χ0v) is 16.5. The van der Waals surface area contributed by atoms with Gasteiger partial charge in [-0.3, -0.25) is 9.89 Å². The maximum atomic E-state index is 10.6. The minimum absolute atomic E-state index is 0.0404. The molecule has 0 bridgehead atoms. The number of carbonyl (C=O) groups is 1. The summed E-state index contributed by atoms with van der Waals surface area (Å²) in [5.41, 5.74) is 1.59. The number of nitrogens with one attached hydrogen (secondary N) is 1. The second-order valence-corrected chi connectivity index (χ2v) is 7.44. The third-order valence-corrected chi connectivity index (χ3v) is 5.32. The highest BCUT2D eigenvalue weighted by atomic mass is 32.2. The lowest BCUT2D eigenvalue weighted by Crippen LogP contribution is -2.31. The summed E-state index contributed by atoms with van der Waals surface area (Å²) in [7, 11) is 1.72. The minimum atomic E-state index is -0.883. The zero-order chi connectivity index (χ0) is 20.2. The summed E-state index contributed by atoms with van der Waals surface area (Å²) in [6.45, 7) is 0. The molecule has 0 fully saturated rings. The molecule has 7 heteroatoms. The third-order valence-electron chi connectivity index (χ3n) is 4.42. The molecular formula is C22H18N2O4S. The van der Waals surface area contributed by atoms with Crippen LogP contribution in [0, 0.1) is 11.8 Å². The SMILES string of the molecule is COC1C=c2ccc(C#Cc3ccc(-c4cc(SCC(=O)O)n[nH]4)o3)cc2=CC1. The Bertz CT molecular complexity index is 1230. The Morgan fingerprint density at radius 3 is 3.03 bits per heavy atom. The highest BCUT2D eigenvalue weighted by Crippen LogP contribution is 2.24. The van der Waals surface area contributed by atoms with Crippen LogP contribution in [0.2, 0.25) is 0 Å². The fourth-order valence-electron chi connectivity index (χ4n) is 2.98. The van der Waals surface area contributed by atoms with E-state index in [4.69, 9.17) is 14.3 Å². The number of carboxylic acid groups (broad SMARTS) is 1. The average Bonchev–Trinajstić information content (AvgIpc) is 3.39. The van der Waals surface area contributed by atoms with Gasteiger partial charge in [-0.25, -0.2) is 0 Å². The number of methoxy groups -OCH3 is 1. The first kappa shape index (κ1) is 19.1. The largest absolute Gasteiger partial charge is 0.481 e. The highest BCUT2D eigenvalue weighted by Gasteiger charge is 2.09. The standard InChI is InChI=1S/C22H18N2O4S/c1-27-18-7-5-15-10-14(2-4-16(15)11-18)3-6-17-8-9-20(28-17)19-12-21(24-23-19)29-13-22(25)26/h2,4-5,8-12,18H,7,13H2,1H3,(H,23,24)(H,25,26). The van der Waals surface area contributed by atoms with Gasteiger partial charge in [-0.1, -0.05) is 29.8 Å². The number of rotatable bonds is 5. The number of hydrogen-bond acceptors (Lipinski definition) is 5. The van der Waals surface area contributed by atoms with E-state index >= 15 is 0 Å². The molecule has 1 atom stereocenters. The van der Waals surface area contributed by atoms with Gasteiger partial charge in [-0.15, -0.1) is 0 Å². The highest BCUT2D eigenvalue weighted by molar-refractivity contribution is 7.99. The Hall–Kier alpha value is -3.21. The van der Waals surface area contributed by atoms with Gasteiger partial charge in [0.25, 0.3) is 0 Å². The molecule has 1 aromatic carbocycles. The number of H-pyrrole nitrogens is 1. The Morgan fingerprint density at radius 2 is 2.21 bits per heavy atom. The molecule has 0 aliphatic heterocycles. The van der Waals surface area contributed by atoms with Crippen molar-refractivity contribution in [1.29, 1.82) is 0 Å². The van der Waals surface area contributed by atoms with Gasteiger partial charge in [-0.2, -0.15) is 5.10 Å². The number of aromatic amines is 1. The fraction of sp³-hybridized carbons (Fsp3) is 0.182. The summed E-state index contributed by atoms with van der Waals surface area (Å²) >= 11 is 1.15. The summed E-state index contributed by atoms with van der Waals surface area (Å²) in [4.78, 5) is 10.6. The number of aliphatic carboxylic acids is 1. The van der Waals surface area contributed by atoms with Gasteiger partial charge in [-0.05, 0) is 53.1 Å². The third kappa shape index (κ3) is 4.62. The fourth-order valence-corrected chi connectivity index (χ4v) is 3.56. The maximum absolute atomic E-state index is 10.6. The number of aromatic nitrogens is 2. The molecule has 0 saturated heterocycles. The van der Waals surface area contributed by atoms with Gasteiger partial charge < -0.3 is 14.3 Å². The summed E-state index contributed by atoms with van der Waals surface area (Å²) in [6, 6.07) is 11.5. The van der Waals surface area contributed by atoms with Crippen molar-refractivity contribution in [2.75, 3.05) is 12.9 Å². The van der Waals surface area contributed by atoms with Gasteiger partial charge in [0.05, 0.1) is 11.9 Å². The second-order valence-electron chi connectivity index (χ2n) is 6.44. The van der Waals surface area contributed by atoms with Gasteiger partial charge in [0, 0.05) is 18.7 Å². The van der Waals surface area contributed by atoms with Crippen LogP contribution in [-0.4, -0.2) is 40.2 Å². The van der Waals surface area contributed by atoms with Crippen LogP contribution in [0.3, 0.4) is 0 Å². The number of benzene rings is 1. The van der Waals surface area contributed by atoms with E-state index in [1.54, 1.807) is 19.2 Å². The number of furan rings is 1. The summed E-state index contributed by atoms with van der Waals surface area (Å²) < 4.78 is 11.2.